The van der Waals surface area contributed by atoms with Crippen molar-refractivity contribution >= 4 is 0 Å². The molecule has 2 N–H and O–H groups in total. The molecule has 0 aliphatic heterocycles. The molecule has 3 heteroatoms. The van der Waals surface area contributed by atoms with Crippen molar-refractivity contribution in [3.05, 3.63) is 0 Å². The molecule has 0 aromatic carbocycles. The molecule has 2 rings (SSSR count). The molecule has 0 saturated heterocycles. The van der Waals surface area contributed by atoms with Gasteiger partial charge in [-0.2, -0.15) is 0 Å². The largest absolute Gasteiger partial charge is 0.330 e. The van der Waals surface area contributed by atoms with Gasteiger partial charge in [0, 0.05) is 12.8 Å². The van der Waals surface area contributed by atoms with Gasteiger partial charge in [-0.05, 0) is 62.3 Å². The van der Waals surface area contributed by atoms with Gasteiger partial charge >= 0.3 is 0 Å². The first-order valence-electron chi connectivity index (χ1n) is 7.56. The van der Waals surface area contributed by atoms with E-state index in [0.717, 1.165) is 25.2 Å². The third-order valence-corrected chi connectivity index (χ3v) is 5.40. The van der Waals surface area contributed by atoms with E-state index in [-0.39, 0.29) is 24.2 Å². The monoisotopic (exact) mass is 259 g/mol. The number of hydrogen-bond donors (Lipinski definition) is 1. The lowest BCUT2D eigenvalue weighted by Crippen LogP contribution is -2.36. The molecule has 0 aromatic rings. The lowest BCUT2D eigenvalue weighted by molar-refractivity contribution is 0.00130. The van der Waals surface area contributed by atoms with Gasteiger partial charge in [-0.15, -0.1) is 0 Å². The van der Waals surface area contributed by atoms with Crippen LogP contribution < -0.4 is 5.73 Å². The summed E-state index contributed by atoms with van der Waals surface area (Å²) in [5.41, 5.74) is 6.16. The maximum absolute atomic E-state index is 13.3. The highest BCUT2D eigenvalue weighted by atomic mass is 19.3. The number of halogens is 2. The highest BCUT2D eigenvalue weighted by molar-refractivity contribution is 4.91. The Hall–Kier alpha value is -0.180. The van der Waals surface area contributed by atoms with Crippen molar-refractivity contribution in [1.29, 1.82) is 0 Å². The molecule has 0 radical (unpaired) electrons. The van der Waals surface area contributed by atoms with E-state index in [1.54, 1.807) is 0 Å². The van der Waals surface area contributed by atoms with Crippen LogP contribution in [0.5, 0.6) is 0 Å². The molecule has 0 heterocycles. The van der Waals surface area contributed by atoms with Gasteiger partial charge in [0.05, 0.1) is 0 Å². The summed E-state index contributed by atoms with van der Waals surface area (Å²) in [5, 5.41) is 0. The normalized spacial score (nSPS) is 40.0. The topological polar surface area (TPSA) is 26.0 Å². The molecule has 2 aliphatic carbocycles. The highest BCUT2D eigenvalue weighted by Gasteiger charge is 2.43. The Bertz CT molecular complexity index is 270. The first-order valence-corrected chi connectivity index (χ1v) is 7.56. The van der Waals surface area contributed by atoms with Crippen LogP contribution in [0, 0.1) is 17.3 Å². The number of hydrogen-bond acceptors (Lipinski definition) is 1. The molecular weight excluding hydrogens is 232 g/mol. The van der Waals surface area contributed by atoms with E-state index in [0.29, 0.717) is 13.0 Å². The van der Waals surface area contributed by atoms with Gasteiger partial charge in [-0.25, -0.2) is 8.78 Å². The van der Waals surface area contributed by atoms with Crippen LogP contribution in [0.1, 0.15) is 64.7 Å². The molecule has 18 heavy (non-hydrogen) atoms. The SMILES string of the molecule is CCC1CCC(CN)(CC2CCC(F)(F)C2)CC1. The summed E-state index contributed by atoms with van der Waals surface area (Å²) >= 11 is 0. The van der Waals surface area contributed by atoms with Gasteiger partial charge < -0.3 is 5.73 Å². The third kappa shape index (κ3) is 3.23. The molecule has 0 aromatic heterocycles. The van der Waals surface area contributed by atoms with Crippen molar-refractivity contribution in [3.63, 3.8) is 0 Å². The fourth-order valence-corrected chi connectivity index (χ4v) is 4.02. The Morgan fingerprint density at radius 3 is 2.11 bits per heavy atom. The molecular formula is C15H27F2N. The van der Waals surface area contributed by atoms with Gasteiger partial charge in [0.1, 0.15) is 0 Å². The molecule has 0 spiro atoms. The van der Waals surface area contributed by atoms with E-state index in [9.17, 15) is 8.78 Å². The Kier molecular flexibility index (Phi) is 4.30. The number of rotatable bonds is 4. The van der Waals surface area contributed by atoms with E-state index in [1.165, 1.54) is 19.3 Å². The maximum atomic E-state index is 13.3. The Balaban J connectivity index is 1.90. The van der Waals surface area contributed by atoms with E-state index in [4.69, 9.17) is 5.73 Å². The van der Waals surface area contributed by atoms with Crippen molar-refractivity contribution in [2.45, 2.75) is 70.6 Å². The molecule has 2 aliphatic rings. The van der Waals surface area contributed by atoms with Crippen LogP contribution in [-0.4, -0.2) is 12.5 Å². The zero-order chi connectivity index (χ0) is 13.2. The predicted molar refractivity (Wildman–Crippen MR) is 70.6 cm³/mol. The van der Waals surface area contributed by atoms with Crippen molar-refractivity contribution < 1.29 is 8.78 Å². The van der Waals surface area contributed by atoms with E-state index < -0.39 is 5.92 Å². The minimum atomic E-state index is -2.40. The summed E-state index contributed by atoms with van der Waals surface area (Å²) in [5.74, 6) is -1.35. The Morgan fingerprint density at radius 1 is 1.06 bits per heavy atom. The second-order valence-electron chi connectivity index (χ2n) is 6.72. The molecule has 0 amide bonds. The Morgan fingerprint density at radius 2 is 1.67 bits per heavy atom. The Labute approximate surface area is 110 Å². The van der Waals surface area contributed by atoms with E-state index in [2.05, 4.69) is 6.92 Å². The number of alkyl halides is 2. The third-order valence-electron chi connectivity index (χ3n) is 5.40. The first kappa shape index (κ1) is 14.2. The van der Waals surface area contributed by atoms with Crippen molar-refractivity contribution in [2.75, 3.05) is 6.54 Å². The van der Waals surface area contributed by atoms with Gasteiger partial charge in [0.15, 0.2) is 0 Å². The fourth-order valence-electron chi connectivity index (χ4n) is 4.02. The summed E-state index contributed by atoms with van der Waals surface area (Å²) in [6.07, 6.45) is 7.90. The zero-order valence-corrected chi connectivity index (χ0v) is 11.6. The first-order chi connectivity index (χ1) is 8.49. The van der Waals surface area contributed by atoms with Crippen LogP contribution in [0.3, 0.4) is 0 Å². The fraction of sp³-hybridized carbons (Fsp3) is 1.00. The molecule has 1 nitrogen and oxygen atoms in total. The van der Waals surface area contributed by atoms with E-state index in [1.807, 2.05) is 0 Å². The average molecular weight is 259 g/mol. The van der Waals surface area contributed by atoms with Crippen LogP contribution in [-0.2, 0) is 0 Å². The predicted octanol–water partition coefficient (Wildman–Crippen LogP) is 4.36. The summed E-state index contributed by atoms with van der Waals surface area (Å²) in [4.78, 5) is 0. The van der Waals surface area contributed by atoms with Crippen LogP contribution in [0.25, 0.3) is 0 Å². The van der Waals surface area contributed by atoms with Gasteiger partial charge in [-0.1, -0.05) is 13.3 Å². The quantitative estimate of drug-likeness (QED) is 0.797. The molecule has 1 unspecified atom stereocenters. The molecule has 1 atom stereocenters. The van der Waals surface area contributed by atoms with Gasteiger partial charge in [0.25, 0.3) is 0 Å². The minimum absolute atomic E-state index is 0.0932. The molecule has 0 bridgehead atoms. The van der Waals surface area contributed by atoms with Gasteiger partial charge in [-0.3, -0.25) is 0 Å². The molecule has 2 saturated carbocycles. The highest BCUT2D eigenvalue weighted by Crippen LogP contribution is 2.49. The second-order valence-corrected chi connectivity index (χ2v) is 6.72. The van der Waals surface area contributed by atoms with Crippen molar-refractivity contribution in [3.8, 4) is 0 Å². The van der Waals surface area contributed by atoms with Crippen LogP contribution >= 0.6 is 0 Å². The molecule has 2 fully saturated rings. The van der Waals surface area contributed by atoms with Crippen molar-refractivity contribution in [2.24, 2.45) is 23.0 Å². The number of nitrogens with two attached hydrogens (primary N) is 1. The zero-order valence-electron chi connectivity index (χ0n) is 11.6. The second kappa shape index (κ2) is 5.44. The summed E-state index contributed by atoms with van der Waals surface area (Å²) in [6.45, 7) is 2.93. The summed E-state index contributed by atoms with van der Waals surface area (Å²) in [7, 11) is 0. The van der Waals surface area contributed by atoms with E-state index >= 15 is 0 Å². The smallest absolute Gasteiger partial charge is 0.248 e. The standard InChI is InChI=1S/C15H27F2N/c1-2-12-3-6-14(11-18,7-4-12)9-13-5-8-15(16,17)10-13/h12-13H,2-11,18H2,1H3. The van der Waals surface area contributed by atoms with Crippen LogP contribution in [0.2, 0.25) is 0 Å². The summed E-state index contributed by atoms with van der Waals surface area (Å²) < 4.78 is 26.5. The maximum Gasteiger partial charge on any atom is 0.248 e. The minimum Gasteiger partial charge on any atom is -0.330 e. The summed E-state index contributed by atoms with van der Waals surface area (Å²) in [6, 6.07) is 0. The van der Waals surface area contributed by atoms with Crippen LogP contribution in [0.15, 0.2) is 0 Å². The average Bonchev–Trinajstić information content (AvgIpc) is 2.69. The lowest BCUT2D eigenvalue weighted by atomic mass is 9.66. The lowest BCUT2D eigenvalue weighted by Gasteiger charge is -2.41. The van der Waals surface area contributed by atoms with Gasteiger partial charge in [0.2, 0.25) is 5.92 Å². The molecule has 106 valence electrons. The van der Waals surface area contributed by atoms with Crippen molar-refractivity contribution in [1.82, 2.24) is 0 Å². The van der Waals surface area contributed by atoms with Crippen LogP contribution in [0.4, 0.5) is 8.78 Å².